The number of benzene rings is 1. The molecule has 3 atom stereocenters. The number of rotatable bonds is 2. The van der Waals surface area contributed by atoms with Crippen molar-refractivity contribution in [3.8, 4) is 0 Å². The summed E-state index contributed by atoms with van der Waals surface area (Å²) < 4.78 is 0. The normalized spacial score (nSPS) is 37.2. The van der Waals surface area contributed by atoms with Crippen LogP contribution in [0.25, 0.3) is 0 Å². The molecule has 0 spiro atoms. The van der Waals surface area contributed by atoms with Gasteiger partial charge in [0.05, 0.1) is 5.25 Å². The van der Waals surface area contributed by atoms with E-state index in [-0.39, 0.29) is 22.0 Å². The van der Waals surface area contributed by atoms with Crippen molar-refractivity contribution in [2.24, 2.45) is 16.7 Å². The van der Waals surface area contributed by atoms with Crippen LogP contribution in [-0.4, -0.2) is 11.0 Å². The van der Waals surface area contributed by atoms with Gasteiger partial charge < -0.3 is 0 Å². The molecular formula is C16H20OS. The summed E-state index contributed by atoms with van der Waals surface area (Å²) in [4.78, 5) is 13.8. The predicted molar refractivity (Wildman–Crippen MR) is 75.7 cm³/mol. The minimum absolute atomic E-state index is 0.147. The molecule has 18 heavy (non-hydrogen) atoms. The van der Waals surface area contributed by atoms with Crippen molar-refractivity contribution in [3.05, 3.63) is 30.3 Å². The molecule has 0 unspecified atom stereocenters. The highest BCUT2D eigenvalue weighted by Gasteiger charge is 2.66. The summed E-state index contributed by atoms with van der Waals surface area (Å²) in [6, 6.07) is 10.3. The Hall–Kier alpha value is -0.760. The van der Waals surface area contributed by atoms with Gasteiger partial charge in [-0.2, -0.15) is 0 Å². The molecule has 1 aromatic rings. The molecule has 0 amide bonds. The van der Waals surface area contributed by atoms with Crippen LogP contribution in [0.1, 0.15) is 33.6 Å². The highest BCUT2D eigenvalue weighted by molar-refractivity contribution is 8.00. The molecule has 2 saturated carbocycles. The van der Waals surface area contributed by atoms with E-state index in [2.05, 4.69) is 32.9 Å². The van der Waals surface area contributed by atoms with E-state index in [0.717, 1.165) is 6.42 Å². The molecule has 0 aliphatic heterocycles. The van der Waals surface area contributed by atoms with Crippen molar-refractivity contribution in [2.45, 2.75) is 43.8 Å². The largest absolute Gasteiger partial charge is 0.298 e. The number of carbonyl (C=O) groups is 1. The molecule has 1 aromatic carbocycles. The molecule has 2 aliphatic carbocycles. The molecule has 96 valence electrons. The van der Waals surface area contributed by atoms with Gasteiger partial charge in [-0.15, -0.1) is 11.8 Å². The molecule has 2 heteroatoms. The van der Waals surface area contributed by atoms with Crippen LogP contribution in [-0.2, 0) is 4.79 Å². The van der Waals surface area contributed by atoms with Crippen LogP contribution in [0.4, 0.5) is 0 Å². The Balaban J connectivity index is 1.93. The van der Waals surface area contributed by atoms with Crippen molar-refractivity contribution < 1.29 is 4.79 Å². The van der Waals surface area contributed by atoms with Crippen LogP contribution in [0.2, 0.25) is 0 Å². The lowest BCUT2D eigenvalue weighted by molar-refractivity contribution is -0.122. The van der Waals surface area contributed by atoms with Gasteiger partial charge in [0.2, 0.25) is 0 Å². The molecule has 1 nitrogen and oxygen atoms in total. The van der Waals surface area contributed by atoms with Gasteiger partial charge in [0, 0.05) is 10.8 Å². The van der Waals surface area contributed by atoms with Gasteiger partial charge in [-0.1, -0.05) is 39.0 Å². The summed E-state index contributed by atoms with van der Waals surface area (Å²) in [7, 11) is 0. The zero-order chi connectivity index (χ0) is 13.0. The fourth-order valence-corrected chi connectivity index (χ4v) is 5.36. The Morgan fingerprint density at radius 2 is 1.83 bits per heavy atom. The molecule has 0 heterocycles. The summed E-state index contributed by atoms with van der Waals surface area (Å²) in [5, 5.41) is 0.147. The third kappa shape index (κ3) is 1.45. The zero-order valence-electron chi connectivity index (χ0n) is 11.3. The van der Waals surface area contributed by atoms with Gasteiger partial charge in [-0.05, 0) is 35.8 Å². The number of hydrogen-bond donors (Lipinski definition) is 0. The second kappa shape index (κ2) is 3.86. The molecule has 2 aliphatic rings. The molecule has 0 N–H and O–H groups in total. The third-order valence-electron chi connectivity index (χ3n) is 5.47. The lowest BCUT2D eigenvalue weighted by atomic mass is 9.71. The maximum Gasteiger partial charge on any atom is 0.150 e. The van der Waals surface area contributed by atoms with E-state index in [9.17, 15) is 4.79 Å². The summed E-state index contributed by atoms with van der Waals surface area (Å²) >= 11 is 1.77. The highest BCUT2D eigenvalue weighted by Crippen LogP contribution is 2.67. The Kier molecular flexibility index (Phi) is 2.64. The first-order valence-corrected chi connectivity index (χ1v) is 7.60. The van der Waals surface area contributed by atoms with Gasteiger partial charge in [0.15, 0.2) is 0 Å². The Labute approximate surface area is 113 Å². The van der Waals surface area contributed by atoms with Crippen molar-refractivity contribution in [3.63, 3.8) is 0 Å². The fourth-order valence-electron chi connectivity index (χ4n) is 3.81. The van der Waals surface area contributed by atoms with Gasteiger partial charge in [-0.3, -0.25) is 4.79 Å². The minimum atomic E-state index is 0.147. The van der Waals surface area contributed by atoms with E-state index in [1.165, 1.54) is 11.3 Å². The zero-order valence-corrected chi connectivity index (χ0v) is 12.1. The maximum atomic E-state index is 12.6. The highest BCUT2D eigenvalue weighted by atomic mass is 32.2. The van der Waals surface area contributed by atoms with Crippen molar-refractivity contribution in [2.75, 3.05) is 0 Å². The first kappa shape index (κ1) is 12.3. The second-order valence-corrected chi connectivity index (χ2v) is 7.62. The minimum Gasteiger partial charge on any atom is -0.298 e. The lowest BCUT2D eigenvalue weighted by Crippen LogP contribution is -2.35. The molecular weight excluding hydrogens is 240 g/mol. The summed E-state index contributed by atoms with van der Waals surface area (Å²) in [6.07, 6.45) is 2.29. The first-order valence-electron chi connectivity index (χ1n) is 6.72. The number of carbonyl (C=O) groups excluding carboxylic acids is 1. The quantitative estimate of drug-likeness (QED) is 0.793. The van der Waals surface area contributed by atoms with E-state index < -0.39 is 0 Å². The lowest BCUT2D eigenvalue weighted by Gasteiger charge is -2.37. The SMILES string of the molecule is CC1(C)[C@H]2CC[C@@]1(C)[C@@H](Sc1ccccc1)C2=O. The van der Waals surface area contributed by atoms with Crippen LogP contribution < -0.4 is 0 Å². The molecule has 3 rings (SSSR count). The van der Waals surface area contributed by atoms with Gasteiger partial charge in [-0.25, -0.2) is 0 Å². The average Bonchev–Trinajstić information content (AvgIpc) is 2.65. The van der Waals surface area contributed by atoms with Gasteiger partial charge in [0.1, 0.15) is 5.78 Å². The Morgan fingerprint density at radius 3 is 2.39 bits per heavy atom. The standard InChI is InChI=1S/C16H20OS/c1-15(2)12-9-10-16(15,3)14(13(12)17)18-11-7-5-4-6-8-11/h4-8,12,14H,9-10H2,1-3H3/t12-,14-,16-/m0/s1. The van der Waals surface area contributed by atoms with E-state index >= 15 is 0 Å². The third-order valence-corrected chi connectivity index (χ3v) is 7.01. The van der Waals surface area contributed by atoms with E-state index in [1.807, 2.05) is 18.2 Å². The predicted octanol–water partition coefficient (Wildman–Crippen LogP) is 4.17. The topological polar surface area (TPSA) is 17.1 Å². The van der Waals surface area contributed by atoms with Crippen LogP contribution in [0.15, 0.2) is 35.2 Å². The fraction of sp³-hybridized carbons (Fsp3) is 0.562. The van der Waals surface area contributed by atoms with Gasteiger partial charge >= 0.3 is 0 Å². The summed E-state index contributed by atoms with van der Waals surface area (Å²) in [6.45, 7) is 6.89. The number of ketones is 1. The van der Waals surface area contributed by atoms with Crippen LogP contribution in [0, 0.1) is 16.7 Å². The van der Waals surface area contributed by atoms with Crippen LogP contribution >= 0.6 is 11.8 Å². The number of fused-ring (bicyclic) bond motifs is 2. The van der Waals surface area contributed by atoms with Crippen molar-refractivity contribution in [1.82, 2.24) is 0 Å². The number of thioether (sulfide) groups is 1. The Morgan fingerprint density at radius 1 is 1.17 bits per heavy atom. The van der Waals surface area contributed by atoms with Crippen molar-refractivity contribution >= 4 is 17.5 Å². The van der Waals surface area contributed by atoms with E-state index in [1.54, 1.807) is 11.8 Å². The molecule has 0 aromatic heterocycles. The maximum absolute atomic E-state index is 12.6. The number of Topliss-reactive ketones (excluding diaryl/α,β-unsaturated/α-hetero) is 1. The second-order valence-electron chi connectivity index (χ2n) is 6.44. The van der Waals surface area contributed by atoms with E-state index in [0.29, 0.717) is 5.78 Å². The van der Waals surface area contributed by atoms with Crippen LogP contribution in [0.5, 0.6) is 0 Å². The molecule has 2 fully saturated rings. The first-order chi connectivity index (χ1) is 8.47. The van der Waals surface area contributed by atoms with E-state index in [4.69, 9.17) is 0 Å². The average molecular weight is 260 g/mol. The molecule has 0 radical (unpaired) electrons. The monoisotopic (exact) mass is 260 g/mol. The molecule has 0 saturated heterocycles. The van der Waals surface area contributed by atoms with Gasteiger partial charge in [0.25, 0.3) is 0 Å². The van der Waals surface area contributed by atoms with Crippen LogP contribution in [0.3, 0.4) is 0 Å². The number of hydrogen-bond acceptors (Lipinski definition) is 2. The Bertz CT molecular complexity index is 479. The summed E-state index contributed by atoms with van der Waals surface area (Å²) in [5.74, 6) is 0.770. The van der Waals surface area contributed by atoms with Crippen molar-refractivity contribution in [1.29, 1.82) is 0 Å². The molecule has 2 bridgehead atoms. The smallest absolute Gasteiger partial charge is 0.150 e. The summed E-state index contributed by atoms with van der Waals surface area (Å²) in [5.41, 5.74) is 0.325.